The van der Waals surface area contributed by atoms with Gasteiger partial charge in [-0.2, -0.15) is 0 Å². The van der Waals surface area contributed by atoms with Gasteiger partial charge in [0.25, 0.3) is 0 Å². The predicted molar refractivity (Wildman–Crippen MR) is 304 cm³/mol. The van der Waals surface area contributed by atoms with Crippen LogP contribution in [0.5, 0.6) is 17.2 Å². The molecule has 0 aliphatic rings. The average Bonchev–Trinajstić information content (AvgIpc) is 0.761. The topological polar surface area (TPSA) is 47.9 Å². The summed E-state index contributed by atoms with van der Waals surface area (Å²) in [5.41, 5.74) is -9.69. The summed E-state index contributed by atoms with van der Waals surface area (Å²) in [5.74, 6) is 69.3. The Hall–Kier alpha value is -14.7. The lowest BCUT2D eigenvalue weighted by atomic mass is 9.78. The zero-order valence-electron chi connectivity index (χ0n) is 43.5. The molecule has 0 aromatic heterocycles. The summed E-state index contributed by atoms with van der Waals surface area (Å²) in [5, 5.41) is 11.9. The van der Waals surface area contributed by atoms with Crippen LogP contribution in [-0.2, 0) is 12.2 Å². The Morgan fingerprint density at radius 2 is 0.580 bits per heavy atom. The molecule has 0 saturated carbocycles. The first kappa shape index (κ1) is 64.2. The molecule has 1 N–H and O–H groups in total. The molecule has 4 nitrogen and oxygen atoms in total. The van der Waals surface area contributed by atoms with Gasteiger partial charge in [0.1, 0.15) is 36.1 Å². The van der Waals surface area contributed by atoms with E-state index >= 15 is 17.6 Å². The number of terminal acetylenes is 2. The molecule has 0 amide bonds. The number of halogens is 10. The van der Waals surface area contributed by atoms with Crippen LogP contribution < -0.4 is 14.2 Å². The Kier molecular flexibility index (Phi) is 25.1. The van der Waals surface area contributed by atoms with Crippen molar-refractivity contribution in [2.45, 2.75) is 12.2 Å². The monoisotopic (exact) mass is 1160 g/mol. The summed E-state index contributed by atoms with van der Waals surface area (Å²) in [7, 11) is 0. The lowest BCUT2D eigenvalue weighted by Crippen LogP contribution is -2.36. The van der Waals surface area contributed by atoms with E-state index in [2.05, 4.69) is 249 Å². The van der Waals surface area contributed by atoms with E-state index in [1.54, 1.807) is 0 Å². The fourth-order valence-electron chi connectivity index (χ4n) is 6.15. The minimum atomic E-state index is -4.26. The van der Waals surface area contributed by atoms with E-state index in [0.717, 1.165) is 12.1 Å². The van der Waals surface area contributed by atoms with Gasteiger partial charge >= 0.3 is 0 Å². The quantitative estimate of drug-likeness (QED) is 0.0562. The SMILES string of the molecule is C#CC#CC#CC#CC#CC#CC#CC#CC#CC#CC#COc1cc(COc2ccc3cc(C(O)(c4c(F)c(F)c(F)c(F)c4F)c4c(F)c(F)c(F)c(F)c4F)ccc3c2)cc(OC#CC#CC#CC#CC#CC#CC#CC#CC#CC#CC#C)c1. The molecule has 88 heavy (non-hydrogen) atoms. The van der Waals surface area contributed by atoms with Gasteiger partial charge in [-0.15, -0.1) is 12.8 Å². The number of hydrogen-bond acceptors (Lipinski definition) is 4. The molecule has 14 heteroatoms. The van der Waals surface area contributed by atoms with Gasteiger partial charge in [0.15, 0.2) is 52.1 Å². The van der Waals surface area contributed by atoms with Crippen LogP contribution in [0, 0.1) is 320 Å². The zero-order valence-corrected chi connectivity index (χ0v) is 43.5. The highest BCUT2D eigenvalue weighted by atomic mass is 19.2. The van der Waals surface area contributed by atoms with Crippen LogP contribution in [0.3, 0.4) is 0 Å². The fourth-order valence-corrected chi connectivity index (χ4v) is 6.15. The molecule has 5 rings (SSSR count). The van der Waals surface area contributed by atoms with Crippen LogP contribution in [0.15, 0.2) is 54.6 Å². The van der Waals surface area contributed by atoms with Crippen molar-refractivity contribution >= 4 is 10.8 Å². The number of benzene rings is 5. The number of aliphatic hydroxyl groups is 1. The molecule has 0 aliphatic heterocycles. The number of rotatable bonds is 8. The first-order valence-electron chi connectivity index (χ1n) is 23.1. The van der Waals surface area contributed by atoms with E-state index in [1.807, 2.05) is 0 Å². The molecule has 5 aromatic rings. The second-order valence-electron chi connectivity index (χ2n) is 14.9. The lowest BCUT2D eigenvalue weighted by Gasteiger charge is -2.32. The van der Waals surface area contributed by atoms with Gasteiger partial charge in [-0.3, -0.25) is 0 Å². The Bertz CT molecular complexity index is 4960. The molecular weight excluding hydrogens is 1140 g/mol. The summed E-state index contributed by atoms with van der Waals surface area (Å²) in [6.45, 7) is -0.255. The Labute approximate surface area is 498 Å². The molecule has 0 unspecified atom stereocenters. The van der Waals surface area contributed by atoms with E-state index < -0.39 is 80.5 Å². The first-order valence-corrected chi connectivity index (χ1v) is 23.1. The van der Waals surface area contributed by atoms with Gasteiger partial charge in [-0.25, -0.2) is 43.9 Å². The van der Waals surface area contributed by atoms with Crippen molar-refractivity contribution in [2.24, 2.45) is 0 Å². The summed E-state index contributed by atoms with van der Waals surface area (Å²) in [6, 6.07) is 10.6. The molecule has 0 aliphatic carbocycles. The van der Waals surface area contributed by atoms with E-state index in [0.29, 0.717) is 11.6 Å². The largest absolute Gasteiger partial charge is 0.489 e. The Morgan fingerprint density at radius 1 is 0.307 bits per heavy atom. The van der Waals surface area contributed by atoms with Crippen molar-refractivity contribution in [3.63, 3.8) is 0 Å². The zero-order chi connectivity index (χ0) is 63.4. The average molecular weight is 1160 g/mol. The van der Waals surface area contributed by atoms with E-state index in [1.165, 1.54) is 36.4 Å². The first-order chi connectivity index (χ1) is 42.7. The highest BCUT2D eigenvalue weighted by Gasteiger charge is 2.48. The minimum absolute atomic E-state index is 0.0778. The third-order valence-electron chi connectivity index (χ3n) is 9.55. The van der Waals surface area contributed by atoms with Crippen LogP contribution in [0.25, 0.3) is 10.8 Å². The van der Waals surface area contributed by atoms with Crippen molar-refractivity contribution in [1.29, 1.82) is 0 Å². The van der Waals surface area contributed by atoms with Crippen molar-refractivity contribution in [2.75, 3.05) is 0 Å². The standard InChI is InChI=1S/C74H14F10O4/c1-3-5-7-9-11-13-15-17-19-21-23-25-27-29-31-33-35-37-39-41-47-86-60-49-55(50-61(53-60)87-48-42-40-38-36-34-32-30-28-26-24-22-20-18-16-14-12-10-8-6-4-2)54-88-59-46-44-56-51-58(45-43-57(56)52-59)74(85,62-64(75)68(79)72(83)69(80)65(62)76)63-66(77)70(81)73(84)71(82)67(63)78/h1-2,43-46,49-53,85H,54H2. The molecule has 5 aromatic carbocycles. The predicted octanol–water partition coefficient (Wildman–Crippen LogP) is 8.10. The van der Waals surface area contributed by atoms with Crippen molar-refractivity contribution in [3.05, 3.63) is 135 Å². The molecular formula is C74H14F10O4. The van der Waals surface area contributed by atoms with Gasteiger partial charge in [0, 0.05) is 148 Å². The number of ether oxygens (including phenoxy) is 3. The van der Waals surface area contributed by atoms with Gasteiger partial charge in [0.05, 0.1) is 11.1 Å². The maximum Gasteiger partial charge on any atom is 0.200 e. The van der Waals surface area contributed by atoms with E-state index in [-0.39, 0.29) is 34.6 Å². The van der Waals surface area contributed by atoms with Crippen LogP contribution in [-0.4, -0.2) is 5.11 Å². The highest BCUT2D eigenvalue weighted by molar-refractivity contribution is 5.85. The molecule has 0 heterocycles. The van der Waals surface area contributed by atoms with Crippen molar-refractivity contribution in [1.82, 2.24) is 0 Å². The van der Waals surface area contributed by atoms with Gasteiger partial charge < -0.3 is 19.3 Å². The number of fused-ring (bicyclic) bond motifs is 1. The highest BCUT2D eigenvalue weighted by Crippen LogP contribution is 2.45. The van der Waals surface area contributed by atoms with Crippen LogP contribution >= 0.6 is 0 Å². The van der Waals surface area contributed by atoms with Crippen molar-refractivity contribution in [3.8, 4) is 279 Å². The molecule has 0 bridgehead atoms. The van der Waals surface area contributed by atoms with E-state index in [4.69, 9.17) is 27.1 Å². The summed E-state index contributed by atoms with van der Waals surface area (Å²) in [6.07, 6.45) is 14.7. The van der Waals surface area contributed by atoms with Gasteiger partial charge in [-0.05, 0) is 147 Å². The number of hydrogen-bond donors (Lipinski definition) is 1. The third-order valence-corrected chi connectivity index (χ3v) is 9.55. The molecule has 0 saturated heterocycles. The van der Waals surface area contributed by atoms with Gasteiger partial charge in [0.2, 0.25) is 11.6 Å². The lowest BCUT2D eigenvalue weighted by molar-refractivity contribution is 0.101. The van der Waals surface area contributed by atoms with Crippen molar-refractivity contribution < 1.29 is 63.2 Å². The Morgan fingerprint density at radius 3 is 0.898 bits per heavy atom. The summed E-state index contributed by atoms with van der Waals surface area (Å²) >= 11 is 0. The Balaban J connectivity index is 1.37. The van der Waals surface area contributed by atoms with Gasteiger partial charge in [-0.1, -0.05) is 18.2 Å². The normalized spacial score (nSPS) is 7.97. The maximum atomic E-state index is 15.4. The summed E-state index contributed by atoms with van der Waals surface area (Å²) in [4.78, 5) is 0. The molecule has 0 atom stereocenters. The van der Waals surface area contributed by atoms with Crippen LogP contribution in [0.1, 0.15) is 22.3 Å². The van der Waals surface area contributed by atoms with Crippen LogP contribution in [0.4, 0.5) is 43.9 Å². The molecule has 0 fully saturated rings. The van der Waals surface area contributed by atoms with E-state index in [9.17, 15) is 31.4 Å². The second kappa shape index (κ2) is 34.5. The summed E-state index contributed by atoms with van der Waals surface area (Å²) < 4.78 is 165. The fraction of sp³-hybridized carbons (Fsp3) is 0.0270. The minimum Gasteiger partial charge on any atom is -0.489 e. The second-order valence-corrected chi connectivity index (χ2v) is 14.9. The third kappa shape index (κ3) is 19.0. The molecule has 0 spiro atoms. The molecule has 0 radical (unpaired) electrons. The van der Waals surface area contributed by atoms with Crippen LogP contribution in [0.2, 0.25) is 0 Å². The maximum absolute atomic E-state index is 15.4. The smallest absolute Gasteiger partial charge is 0.200 e. The molecule has 404 valence electrons.